The number of hydrogen-bond acceptors (Lipinski definition) is 5. The lowest BCUT2D eigenvalue weighted by Crippen LogP contribution is -2.23. The molecule has 5 heteroatoms. The van der Waals surface area contributed by atoms with Crippen LogP contribution in [0, 0.1) is 0 Å². The van der Waals surface area contributed by atoms with Gasteiger partial charge >= 0.3 is 0 Å². The van der Waals surface area contributed by atoms with Crippen molar-refractivity contribution in [1.29, 1.82) is 0 Å². The van der Waals surface area contributed by atoms with Crippen LogP contribution in [0.2, 0.25) is 0 Å². The number of hydrogen-bond donors (Lipinski definition) is 1. The molecule has 0 aromatic heterocycles. The molecule has 2 aromatic carbocycles. The van der Waals surface area contributed by atoms with E-state index in [0.717, 1.165) is 46.6 Å². The van der Waals surface area contributed by atoms with Crippen molar-refractivity contribution in [1.82, 2.24) is 0 Å². The van der Waals surface area contributed by atoms with Crippen molar-refractivity contribution in [3.63, 3.8) is 0 Å². The molecule has 0 heterocycles. The molecule has 0 aliphatic heterocycles. The zero-order valence-corrected chi connectivity index (χ0v) is 20.3. The topological polar surface area (TPSA) is 57.2 Å². The number of benzene rings is 2. The number of aliphatic hydroxyl groups is 1. The zero-order chi connectivity index (χ0) is 24.1. The highest BCUT2D eigenvalue weighted by Gasteiger charge is 2.19. The van der Waals surface area contributed by atoms with Crippen LogP contribution in [0.5, 0.6) is 11.5 Å². The summed E-state index contributed by atoms with van der Waals surface area (Å²) in [5.41, 5.74) is 3.95. The summed E-state index contributed by atoms with van der Waals surface area (Å²) in [6.07, 6.45) is 5.34. The molecular weight excluding hydrogens is 416 g/mol. The van der Waals surface area contributed by atoms with Gasteiger partial charge in [-0.15, -0.1) is 13.2 Å². The second-order valence-corrected chi connectivity index (χ2v) is 8.66. The first-order valence-corrected chi connectivity index (χ1v) is 11.4. The molecule has 33 heavy (non-hydrogen) atoms. The summed E-state index contributed by atoms with van der Waals surface area (Å²) in [7, 11) is 0. The number of rotatable bonds is 15. The normalized spacial score (nSPS) is 11.3. The number of allylic oxidation sites excluding steroid dienone is 2. The van der Waals surface area contributed by atoms with Gasteiger partial charge in [0.15, 0.2) is 0 Å². The van der Waals surface area contributed by atoms with E-state index in [-0.39, 0.29) is 12.2 Å². The first-order valence-electron chi connectivity index (χ1n) is 11.4. The molecule has 5 nitrogen and oxygen atoms in total. The third-order valence-electron chi connectivity index (χ3n) is 4.65. The maximum Gasteiger partial charge on any atom is 0.128 e. The van der Waals surface area contributed by atoms with Gasteiger partial charge in [0.2, 0.25) is 0 Å². The molecule has 0 spiro atoms. The van der Waals surface area contributed by atoms with Crippen LogP contribution >= 0.6 is 0 Å². The van der Waals surface area contributed by atoms with E-state index in [4.69, 9.17) is 24.1 Å². The van der Waals surface area contributed by atoms with E-state index in [9.17, 15) is 0 Å². The third kappa shape index (κ3) is 9.42. The fourth-order valence-corrected chi connectivity index (χ4v) is 3.30. The average molecular weight is 455 g/mol. The maximum absolute atomic E-state index is 8.73. The van der Waals surface area contributed by atoms with Crippen molar-refractivity contribution in [3.05, 3.63) is 72.8 Å². The second kappa shape index (κ2) is 13.8. The van der Waals surface area contributed by atoms with Gasteiger partial charge in [0.25, 0.3) is 0 Å². The summed E-state index contributed by atoms with van der Waals surface area (Å²) in [4.78, 5) is 0. The van der Waals surface area contributed by atoms with E-state index in [0.29, 0.717) is 33.0 Å². The molecule has 0 aliphatic carbocycles. The highest BCUT2D eigenvalue weighted by atomic mass is 16.5. The molecule has 0 amide bonds. The largest absolute Gasteiger partial charge is 0.491 e. The first kappa shape index (κ1) is 26.7. The summed E-state index contributed by atoms with van der Waals surface area (Å²) < 4.78 is 23.2. The fourth-order valence-electron chi connectivity index (χ4n) is 3.30. The summed E-state index contributed by atoms with van der Waals surface area (Å²) in [5.74, 6) is 1.59. The van der Waals surface area contributed by atoms with Crippen molar-refractivity contribution in [2.45, 2.75) is 39.2 Å². The van der Waals surface area contributed by atoms with Crippen LogP contribution in [-0.2, 0) is 22.3 Å². The molecule has 2 aromatic rings. The van der Waals surface area contributed by atoms with E-state index in [1.165, 1.54) is 0 Å². The minimum atomic E-state index is -0.333. The molecular formula is C28H38O5. The van der Waals surface area contributed by atoms with E-state index < -0.39 is 0 Å². The molecule has 1 N–H and O–H groups in total. The monoisotopic (exact) mass is 454 g/mol. The highest BCUT2D eigenvalue weighted by Crippen LogP contribution is 2.39. The lowest BCUT2D eigenvalue weighted by molar-refractivity contribution is 0.0247. The van der Waals surface area contributed by atoms with Crippen LogP contribution in [-0.4, -0.2) is 50.3 Å². The van der Waals surface area contributed by atoms with Crippen molar-refractivity contribution in [3.8, 4) is 22.6 Å². The van der Waals surface area contributed by atoms with Crippen LogP contribution in [0.15, 0.2) is 61.7 Å². The summed E-state index contributed by atoms with van der Waals surface area (Å²) in [6.45, 7) is 16.0. The van der Waals surface area contributed by atoms with Gasteiger partial charge in [-0.1, -0.05) is 24.3 Å². The van der Waals surface area contributed by atoms with Gasteiger partial charge in [0.1, 0.15) is 23.7 Å². The lowest BCUT2D eigenvalue weighted by Gasteiger charge is -2.25. The van der Waals surface area contributed by atoms with E-state index in [2.05, 4.69) is 37.4 Å². The molecule has 0 saturated carbocycles. The number of aliphatic hydroxyl groups excluding tert-OH is 1. The van der Waals surface area contributed by atoms with Crippen molar-refractivity contribution < 1.29 is 24.1 Å². The fraction of sp³-hybridized carbons (Fsp3) is 0.429. The van der Waals surface area contributed by atoms with Gasteiger partial charge in [-0.2, -0.15) is 0 Å². The van der Waals surface area contributed by atoms with E-state index in [1.54, 1.807) is 0 Å². The third-order valence-corrected chi connectivity index (χ3v) is 4.65. The Balaban J connectivity index is 2.28. The Morgan fingerprint density at radius 3 is 1.82 bits per heavy atom. The maximum atomic E-state index is 8.73. The Hall–Kier alpha value is -2.60. The van der Waals surface area contributed by atoms with Gasteiger partial charge in [0, 0.05) is 11.1 Å². The standard InChI is InChI=1S/C28H38O5/c1-6-8-22-10-12-26(32-19-18-31-17-16-30-15-14-29)24(20-22)25-21-23(9-7-2)11-13-27(25)33-28(3,4)5/h6-7,10-13,20-21,29H,1-2,8-9,14-19H2,3-5H3. The zero-order valence-electron chi connectivity index (χ0n) is 20.3. The Morgan fingerprint density at radius 2 is 1.27 bits per heavy atom. The van der Waals surface area contributed by atoms with Crippen LogP contribution in [0.25, 0.3) is 11.1 Å². The Kier molecular flexibility index (Phi) is 11.2. The summed E-state index contributed by atoms with van der Waals surface area (Å²) >= 11 is 0. The van der Waals surface area contributed by atoms with Crippen LogP contribution in [0.1, 0.15) is 31.9 Å². The van der Waals surface area contributed by atoms with Crippen LogP contribution in [0.4, 0.5) is 0 Å². The minimum Gasteiger partial charge on any atom is -0.491 e. The smallest absolute Gasteiger partial charge is 0.128 e. The van der Waals surface area contributed by atoms with Gasteiger partial charge in [-0.3, -0.25) is 0 Å². The van der Waals surface area contributed by atoms with Crippen LogP contribution < -0.4 is 9.47 Å². The predicted octanol–water partition coefficient (Wildman–Crippen LogP) is 5.39. The van der Waals surface area contributed by atoms with E-state index in [1.807, 2.05) is 45.1 Å². The Morgan fingerprint density at radius 1 is 0.758 bits per heavy atom. The van der Waals surface area contributed by atoms with Gasteiger partial charge in [-0.05, 0) is 69.0 Å². The first-order chi connectivity index (χ1) is 15.9. The molecule has 2 rings (SSSR count). The van der Waals surface area contributed by atoms with Crippen LogP contribution in [0.3, 0.4) is 0 Å². The molecule has 0 atom stereocenters. The quantitative estimate of drug-likeness (QED) is 0.289. The summed E-state index contributed by atoms with van der Waals surface area (Å²) in [6, 6.07) is 12.5. The van der Waals surface area contributed by atoms with Crippen molar-refractivity contribution in [2.24, 2.45) is 0 Å². The SMILES string of the molecule is C=CCc1ccc(OCCOCCOCCO)c(-c2cc(CC=C)ccc2OC(C)(C)C)c1. The lowest BCUT2D eigenvalue weighted by atomic mass is 9.96. The molecule has 0 unspecified atom stereocenters. The minimum absolute atomic E-state index is 0.0165. The Bertz CT molecular complexity index is 882. The van der Waals surface area contributed by atoms with Gasteiger partial charge in [0.05, 0.1) is 33.0 Å². The highest BCUT2D eigenvalue weighted by molar-refractivity contribution is 5.77. The second-order valence-electron chi connectivity index (χ2n) is 8.66. The molecule has 0 aliphatic rings. The van der Waals surface area contributed by atoms with Crippen molar-refractivity contribution >= 4 is 0 Å². The molecule has 0 saturated heterocycles. The van der Waals surface area contributed by atoms with Gasteiger partial charge in [-0.25, -0.2) is 0 Å². The molecule has 0 bridgehead atoms. The van der Waals surface area contributed by atoms with Gasteiger partial charge < -0.3 is 24.1 Å². The number of ether oxygens (including phenoxy) is 4. The molecule has 0 radical (unpaired) electrons. The predicted molar refractivity (Wildman–Crippen MR) is 134 cm³/mol. The average Bonchev–Trinajstić information content (AvgIpc) is 2.77. The van der Waals surface area contributed by atoms with Crippen molar-refractivity contribution in [2.75, 3.05) is 39.6 Å². The molecule has 0 fully saturated rings. The Labute approximate surface area is 198 Å². The summed E-state index contributed by atoms with van der Waals surface area (Å²) in [5, 5.41) is 8.73. The molecule has 180 valence electrons. The van der Waals surface area contributed by atoms with E-state index >= 15 is 0 Å².